The van der Waals surface area contributed by atoms with Crippen LogP contribution in [0.5, 0.6) is 0 Å². The zero-order chi connectivity index (χ0) is 8.55. The molecule has 0 spiro atoms. The highest BCUT2D eigenvalue weighted by molar-refractivity contribution is 9.10. The molecule has 0 N–H and O–H groups in total. The fourth-order valence-corrected chi connectivity index (χ4v) is 1.75. The lowest BCUT2D eigenvalue weighted by Gasteiger charge is -1.91. The van der Waals surface area contributed by atoms with Gasteiger partial charge in [0, 0.05) is 15.2 Å². The third-order valence-corrected chi connectivity index (χ3v) is 2.37. The van der Waals surface area contributed by atoms with Crippen LogP contribution in [-0.4, -0.2) is 6.29 Å². The predicted octanol–water partition coefficient (Wildman–Crippen LogP) is 3.01. The molecule has 0 radical (unpaired) electrons. The van der Waals surface area contributed by atoms with Gasteiger partial charge in [0.1, 0.15) is 0 Å². The first-order valence-corrected chi connectivity index (χ1v) is 4.23. The minimum atomic E-state index is 0.373. The Morgan fingerprint density at radius 1 is 1.42 bits per heavy atom. The Kier molecular flexibility index (Phi) is 1.73. The van der Waals surface area contributed by atoms with Crippen molar-refractivity contribution in [3.8, 4) is 0 Å². The van der Waals surface area contributed by atoms with E-state index in [4.69, 9.17) is 4.42 Å². The molecule has 2 aromatic rings. The standard InChI is InChI=1S/C9H5BrO2/c10-7-3-1-2-6-5-12-8(4-11)9(6)7/h1-5H. The molecule has 0 aliphatic rings. The number of benzene rings is 1. The molecule has 60 valence electrons. The molecule has 0 atom stereocenters. The summed E-state index contributed by atoms with van der Waals surface area (Å²) in [4.78, 5) is 10.5. The van der Waals surface area contributed by atoms with Gasteiger partial charge < -0.3 is 4.42 Å². The van der Waals surface area contributed by atoms with Crippen molar-refractivity contribution in [2.24, 2.45) is 0 Å². The van der Waals surface area contributed by atoms with E-state index in [1.54, 1.807) is 6.26 Å². The van der Waals surface area contributed by atoms with Crippen molar-refractivity contribution in [2.45, 2.75) is 0 Å². The predicted molar refractivity (Wildman–Crippen MR) is 49.3 cm³/mol. The summed E-state index contributed by atoms with van der Waals surface area (Å²) in [6.45, 7) is 0. The normalized spacial score (nSPS) is 10.4. The minimum Gasteiger partial charge on any atom is -0.460 e. The molecule has 1 heterocycles. The van der Waals surface area contributed by atoms with E-state index in [1.807, 2.05) is 18.2 Å². The van der Waals surface area contributed by atoms with Crippen LogP contribution in [0.1, 0.15) is 10.6 Å². The van der Waals surface area contributed by atoms with Gasteiger partial charge in [-0.25, -0.2) is 0 Å². The molecule has 0 bridgehead atoms. The van der Waals surface area contributed by atoms with Crippen LogP contribution >= 0.6 is 15.9 Å². The first-order valence-electron chi connectivity index (χ1n) is 3.44. The molecule has 2 nitrogen and oxygen atoms in total. The number of carbonyl (C=O) groups excluding carboxylic acids is 1. The van der Waals surface area contributed by atoms with Gasteiger partial charge in [0.2, 0.25) is 0 Å². The van der Waals surface area contributed by atoms with Crippen LogP contribution in [-0.2, 0) is 0 Å². The topological polar surface area (TPSA) is 30.2 Å². The molecule has 0 saturated carbocycles. The quantitative estimate of drug-likeness (QED) is 0.698. The Morgan fingerprint density at radius 2 is 2.25 bits per heavy atom. The fraction of sp³-hybridized carbons (Fsp3) is 0. The van der Waals surface area contributed by atoms with E-state index >= 15 is 0 Å². The van der Waals surface area contributed by atoms with Gasteiger partial charge in [-0.2, -0.15) is 0 Å². The number of furan rings is 1. The van der Waals surface area contributed by atoms with E-state index in [2.05, 4.69) is 15.9 Å². The summed E-state index contributed by atoms with van der Waals surface area (Å²) < 4.78 is 5.93. The van der Waals surface area contributed by atoms with E-state index in [9.17, 15) is 4.79 Å². The summed E-state index contributed by atoms with van der Waals surface area (Å²) in [7, 11) is 0. The summed E-state index contributed by atoms with van der Waals surface area (Å²) in [6, 6.07) is 5.68. The Balaban J connectivity index is 2.91. The molecular formula is C9H5BrO2. The maximum absolute atomic E-state index is 10.5. The molecule has 0 aliphatic carbocycles. The molecule has 0 amide bonds. The lowest BCUT2D eigenvalue weighted by molar-refractivity contribution is 0.110. The molecule has 12 heavy (non-hydrogen) atoms. The summed E-state index contributed by atoms with van der Waals surface area (Å²) in [5.74, 6) is 0.373. The zero-order valence-corrected chi connectivity index (χ0v) is 7.67. The van der Waals surface area contributed by atoms with Crippen LogP contribution in [0.2, 0.25) is 0 Å². The molecule has 0 fully saturated rings. The van der Waals surface area contributed by atoms with Gasteiger partial charge in [-0.15, -0.1) is 0 Å². The van der Waals surface area contributed by atoms with Crippen molar-refractivity contribution in [1.82, 2.24) is 0 Å². The molecule has 2 rings (SSSR count). The number of halogens is 1. The van der Waals surface area contributed by atoms with E-state index in [0.29, 0.717) is 12.0 Å². The fourth-order valence-electron chi connectivity index (χ4n) is 1.17. The minimum absolute atomic E-state index is 0.373. The van der Waals surface area contributed by atoms with Crippen LogP contribution in [0, 0.1) is 0 Å². The average Bonchev–Trinajstić information content (AvgIpc) is 2.49. The molecule has 1 aromatic carbocycles. The number of rotatable bonds is 1. The Hall–Kier alpha value is -1.09. The van der Waals surface area contributed by atoms with E-state index < -0.39 is 0 Å². The van der Waals surface area contributed by atoms with Crippen LogP contribution < -0.4 is 0 Å². The summed E-state index contributed by atoms with van der Waals surface area (Å²) in [5.41, 5.74) is 0. The second-order valence-corrected chi connectivity index (χ2v) is 3.28. The van der Waals surface area contributed by atoms with Crippen LogP contribution in [0.15, 0.2) is 33.4 Å². The molecular weight excluding hydrogens is 220 g/mol. The zero-order valence-electron chi connectivity index (χ0n) is 6.08. The third kappa shape index (κ3) is 0.975. The summed E-state index contributed by atoms with van der Waals surface area (Å²) in [6.07, 6.45) is 2.29. The van der Waals surface area contributed by atoms with Crippen LogP contribution in [0.3, 0.4) is 0 Å². The van der Waals surface area contributed by atoms with E-state index in [0.717, 1.165) is 15.2 Å². The van der Waals surface area contributed by atoms with Gasteiger partial charge >= 0.3 is 0 Å². The smallest absolute Gasteiger partial charge is 0.186 e. The average molecular weight is 225 g/mol. The SMILES string of the molecule is O=Cc1occ2cccc(Br)c12. The van der Waals surface area contributed by atoms with Gasteiger partial charge in [0.15, 0.2) is 12.0 Å². The largest absolute Gasteiger partial charge is 0.460 e. The highest BCUT2D eigenvalue weighted by Crippen LogP contribution is 2.27. The monoisotopic (exact) mass is 224 g/mol. The van der Waals surface area contributed by atoms with Crippen molar-refractivity contribution in [3.05, 3.63) is 34.7 Å². The highest BCUT2D eigenvalue weighted by atomic mass is 79.9. The van der Waals surface area contributed by atoms with Gasteiger partial charge in [-0.1, -0.05) is 28.1 Å². The second-order valence-electron chi connectivity index (χ2n) is 2.42. The Labute approximate surface area is 77.3 Å². The second kappa shape index (κ2) is 2.75. The Morgan fingerprint density at radius 3 is 3.00 bits per heavy atom. The van der Waals surface area contributed by atoms with Gasteiger partial charge in [0.05, 0.1) is 6.26 Å². The van der Waals surface area contributed by atoms with Crippen molar-refractivity contribution < 1.29 is 9.21 Å². The van der Waals surface area contributed by atoms with Crippen molar-refractivity contribution in [3.63, 3.8) is 0 Å². The highest BCUT2D eigenvalue weighted by Gasteiger charge is 2.06. The van der Waals surface area contributed by atoms with Crippen LogP contribution in [0.4, 0.5) is 0 Å². The van der Waals surface area contributed by atoms with Crippen molar-refractivity contribution in [1.29, 1.82) is 0 Å². The van der Waals surface area contributed by atoms with Crippen molar-refractivity contribution in [2.75, 3.05) is 0 Å². The first kappa shape index (κ1) is 7.55. The van der Waals surface area contributed by atoms with Gasteiger partial charge in [-0.3, -0.25) is 4.79 Å². The number of hydrogen-bond acceptors (Lipinski definition) is 2. The van der Waals surface area contributed by atoms with Gasteiger partial charge in [0.25, 0.3) is 0 Å². The lowest BCUT2D eigenvalue weighted by atomic mass is 10.2. The molecule has 0 aliphatic heterocycles. The molecule has 1 aromatic heterocycles. The Bertz CT molecular complexity index is 431. The lowest BCUT2D eigenvalue weighted by Crippen LogP contribution is -1.75. The van der Waals surface area contributed by atoms with E-state index in [-0.39, 0.29) is 0 Å². The number of fused-ring (bicyclic) bond motifs is 1. The van der Waals surface area contributed by atoms with Crippen molar-refractivity contribution >= 4 is 33.0 Å². The van der Waals surface area contributed by atoms with Gasteiger partial charge in [-0.05, 0) is 6.07 Å². The number of hydrogen-bond donors (Lipinski definition) is 0. The van der Waals surface area contributed by atoms with Crippen LogP contribution in [0.25, 0.3) is 10.8 Å². The third-order valence-electron chi connectivity index (χ3n) is 1.71. The molecule has 3 heteroatoms. The van der Waals surface area contributed by atoms with E-state index in [1.165, 1.54) is 0 Å². The maximum atomic E-state index is 10.5. The molecule has 0 saturated heterocycles. The molecule has 0 unspecified atom stereocenters. The summed E-state index contributed by atoms with van der Waals surface area (Å²) >= 11 is 3.35. The summed E-state index contributed by atoms with van der Waals surface area (Å²) in [5, 5.41) is 1.78. The number of aldehydes is 1. The first-order chi connectivity index (χ1) is 5.83. The number of carbonyl (C=O) groups is 1. The maximum Gasteiger partial charge on any atom is 0.186 e.